The fourth-order valence-corrected chi connectivity index (χ4v) is 2.66. The van der Waals surface area contributed by atoms with Crippen LogP contribution in [0.25, 0.3) is 0 Å². The molecule has 1 N–H and O–H groups in total. The van der Waals surface area contributed by atoms with Gasteiger partial charge in [0.05, 0.1) is 18.9 Å². The lowest BCUT2D eigenvalue weighted by atomic mass is 10.3. The maximum atomic E-state index is 11.5. The summed E-state index contributed by atoms with van der Waals surface area (Å²) in [7, 11) is 1.57. The van der Waals surface area contributed by atoms with Gasteiger partial charge in [0, 0.05) is 24.0 Å². The van der Waals surface area contributed by atoms with Gasteiger partial charge in [-0.1, -0.05) is 23.4 Å². The molecule has 2 rings (SSSR count). The molecule has 0 saturated carbocycles. The van der Waals surface area contributed by atoms with Gasteiger partial charge in [-0.25, -0.2) is 4.98 Å². The second-order valence-corrected chi connectivity index (χ2v) is 6.00. The zero-order chi connectivity index (χ0) is 15.8. The summed E-state index contributed by atoms with van der Waals surface area (Å²) in [6, 6.07) is 8.70. The summed E-state index contributed by atoms with van der Waals surface area (Å²) in [6.07, 6.45) is 0.839. The highest BCUT2D eigenvalue weighted by Gasteiger charge is 2.02. The minimum absolute atomic E-state index is 0.165. The summed E-state index contributed by atoms with van der Waals surface area (Å²) in [5.74, 6) is 1.59. The largest absolute Gasteiger partial charge is 0.494 e. The lowest BCUT2D eigenvalue weighted by Gasteiger charge is -2.06. The van der Waals surface area contributed by atoms with Crippen molar-refractivity contribution in [1.29, 1.82) is 0 Å². The van der Waals surface area contributed by atoms with Crippen LogP contribution in [-0.2, 0) is 11.3 Å². The van der Waals surface area contributed by atoms with Gasteiger partial charge in [-0.2, -0.15) is 0 Å². The van der Waals surface area contributed by atoms with Crippen LogP contribution >= 0.6 is 23.4 Å². The Hall–Kier alpha value is -1.50. The lowest BCUT2D eigenvalue weighted by molar-refractivity contribution is 0.180. The van der Waals surface area contributed by atoms with Crippen LogP contribution in [0.3, 0.4) is 0 Å². The first kappa shape index (κ1) is 16.9. The second-order valence-electron chi connectivity index (χ2n) is 4.48. The van der Waals surface area contributed by atoms with E-state index in [1.54, 1.807) is 19.2 Å². The Morgan fingerprint density at radius 1 is 1.32 bits per heavy atom. The highest BCUT2D eigenvalue weighted by molar-refractivity contribution is 7.99. The van der Waals surface area contributed by atoms with Gasteiger partial charge in [-0.05, 0) is 30.7 Å². The van der Waals surface area contributed by atoms with Crippen LogP contribution in [0.1, 0.15) is 12.1 Å². The van der Waals surface area contributed by atoms with E-state index in [1.165, 1.54) is 17.8 Å². The molecule has 22 heavy (non-hydrogen) atoms. The Balaban J connectivity index is 1.74. The minimum atomic E-state index is -0.165. The molecule has 0 bridgehead atoms. The van der Waals surface area contributed by atoms with Crippen molar-refractivity contribution >= 4 is 23.4 Å². The Morgan fingerprint density at radius 2 is 2.09 bits per heavy atom. The molecule has 0 amide bonds. The molecule has 118 valence electrons. The zero-order valence-electron chi connectivity index (χ0n) is 12.2. The quantitative estimate of drug-likeness (QED) is 0.454. The minimum Gasteiger partial charge on any atom is -0.494 e. The van der Waals surface area contributed by atoms with Crippen molar-refractivity contribution in [3.8, 4) is 5.75 Å². The van der Waals surface area contributed by atoms with Gasteiger partial charge in [0.25, 0.3) is 5.56 Å². The monoisotopic (exact) mass is 340 g/mol. The summed E-state index contributed by atoms with van der Waals surface area (Å²) in [5.41, 5.74) is 0.466. The highest BCUT2D eigenvalue weighted by Crippen LogP contribution is 2.17. The average molecular weight is 341 g/mol. The van der Waals surface area contributed by atoms with Crippen LogP contribution in [0.2, 0.25) is 5.02 Å². The van der Waals surface area contributed by atoms with Gasteiger partial charge in [0.15, 0.2) is 5.16 Å². The summed E-state index contributed by atoms with van der Waals surface area (Å²) >= 11 is 7.30. The van der Waals surface area contributed by atoms with E-state index in [-0.39, 0.29) is 5.56 Å². The van der Waals surface area contributed by atoms with Gasteiger partial charge in [-0.15, -0.1) is 0 Å². The Bertz CT molecular complexity index is 646. The number of aromatic nitrogens is 2. The van der Waals surface area contributed by atoms with Crippen LogP contribution in [0.15, 0.2) is 40.3 Å². The Kier molecular flexibility index (Phi) is 6.76. The standard InChI is InChI=1S/C15H17ClN2O3S/c1-20-10-12-9-14(19)18-15(17-12)22-8-2-7-21-13-5-3-11(16)4-6-13/h3-6,9H,2,7-8,10H2,1H3,(H,17,18,19). The average Bonchev–Trinajstić information content (AvgIpc) is 2.49. The van der Waals surface area contributed by atoms with Crippen molar-refractivity contribution in [2.45, 2.75) is 18.2 Å². The first-order valence-corrected chi connectivity index (χ1v) is 8.14. The molecule has 2 aromatic rings. The summed E-state index contributed by atoms with van der Waals surface area (Å²) in [6.45, 7) is 0.924. The van der Waals surface area contributed by atoms with Crippen LogP contribution in [-0.4, -0.2) is 29.4 Å². The van der Waals surface area contributed by atoms with Crippen molar-refractivity contribution in [3.05, 3.63) is 51.4 Å². The van der Waals surface area contributed by atoms with E-state index in [4.69, 9.17) is 21.1 Å². The SMILES string of the molecule is COCc1cc(=O)[nH]c(SCCCOc2ccc(Cl)cc2)n1. The third-order valence-corrected chi connectivity index (χ3v) is 3.89. The summed E-state index contributed by atoms with van der Waals surface area (Å²) in [4.78, 5) is 18.5. The zero-order valence-corrected chi connectivity index (χ0v) is 13.7. The molecule has 5 nitrogen and oxygen atoms in total. The molecule has 0 fully saturated rings. The molecule has 0 aliphatic rings. The number of nitrogens with one attached hydrogen (secondary N) is 1. The molecule has 7 heteroatoms. The molecule has 0 saturated heterocycles. The van der Waals surface area contributed by atoms with E-state index in [9.17, 15) is 4.79 Å². The van der Waals surface area contributed by atoms with Crippen molar-refractivity contribution < 1.29 is 9.47 Å². The number of hydrogen-bond donors (Lipinski definition) is 1. The van der Waals surface area contributed by atoms with E-state index in [0.29, 0.717) is 29.1 Å². The molecule has 0 atom stereocenters. The number of rotatable bonds is 8. The van der Waals surface area contributed by atoms with Gasteiger partial charge >= 0.3 is 0 Å². The Labute approximate surface area is 138 Å². The fraction of sp³-hybridized carbons (Fsp3) is 0.333. The molecule has 1 aromatic heterocycles. The summed E-state index contributed by atoms with van der Waals surface area (Å²) < 4.78 is 10.6. The smallest absolute Gasteiger partial charge is 0.251 e. The maximum absolute atomic E-state index is 11.5. The number of thioether (sulfide) groups is 1. The molecule has 0 aliphatic heterocycles. The molecule has 0 aliphatic carbocycles. The molecular weight excluding hydrogens is 324 g/mol. The predicted octanol–water partition coefficient (Wildman–Crippen LogP) is 3.13. The van der Waals surface area contributed by atoms with E-state index in [1.807, 2.05) is 12.1 Å². The van der Waals surface area contributed by atoms with Gasteiger partial charge in [0.1, 0.15) is 5.75 Å². The van der Waals surface area contributed by atoms with E-state index in [2.05, 4.69) is 9.97 Å². The molecule has 0 spiro atoms. The van der Waals surface area contributed by atoms with E-state index >= 15 is 0 Å². The number of methoxy groups -OCH3 is 1. The third kappa shape index (κ3) is 5.71. The van der Waals surface area contributed by atoms with Crippen molar-refractivity contribution in [2.24, 2.45) is 0 Å². The maximum Gasteiger partial charge on any atom is 0.251 e. The number of benzene rings is 1. The normalized spacial score (nSPS) is 10.6. The molecule has 1 heterocycles. The van der Waals surface area contributed by atoms with Crippen molar-refractivity contribution in [2.75, 3.05) is 19.5 Å². The van der Waals surface area contributed by atoms with Crippen molar-refractivity contribution in [3.63, 3.8) is 0 Å². The molecular formula is C15H17ClN2O3S. The molecule has 0 radical (unpaired) electrons. The Morgan fingerprint density at radius 3 is 2.82 bits per heavy atom. The summed E-state index contributed by atoms with van der Waals surface area (Å²) in [5, 5.41) is 1.29. The van der Waals surface area contributed by atoms with Crippen LogP contribution < -0.4 is 10.3 Å². The predicted molar refractivity (Wildman–Crippen MR) is 87.9 cm³/mol. The van der Waals surface area contributed by atoms with Crippen LogP contribution in [0.4, 0.5) is 0 Å². The highest BCUT2D eigenvalue weighted by atomic mass is 35.5. The van der Waals surface area contributed by atoms with E-state index in [0.717, 1.165) is 17.9 Å². The molecule has 1 aromatic carbocycles. The van der Waals surface area contributed by atoms with Crippen LogP contribution in [0.5, 0.6) is 5.75 Å². The second kappa shape index (κ2) is 8.82. The van der Waals surface area contributed by atoms with Crippen LogP contribution in [0, 0.1) is 0 Å². The number of ether oxygens (including phenoxy) is 2. The first-order chi connectivity index (χ1) is 10.7. The topological polar surface area (TPSA) is 64.2 Å². The third-order valence-electron chi connectivity index (χ3n) is 2.68. The van der Waals surface area contributed by atoms with Gasteiger partial charge < -0.3 is 14.5 Å². The first-order valence-electron chi connectivity index (χ1n) is 6.78. The number of nitrogens with zero attached hydrogens (tertiary/aromatic N) is 1. The number of aromatic amines is 1. The van der Waals surface area contributed by atoms with E-state index < -0.39 is 0 Å². The fourth-order valence-electron chi connectivity index (χ4n) is 1.72. The number of halogens is 1. The number of hydrogen-bond acceptors (Lipinski definition) is 5. The number of H-pyrrole nitrogens is 1. The van der Waals surface area contributed by atoms with Crippen molar-refractivity contribution in [1.82, 2.24) is 9.97 Å². The molecule has 0 unspecified atom stereocenters. The van der Waals surface area contributed by atoms with Gasteiger partial charge in [-0.3, -0.25) is 4.79 Å². The lowest BCUT2D eigenvalue weighted by Crippen LogP contribution is -2.10. The van der Waals surface area contributed by atoms with Gasteiger partial charge in [0.2, 0.25) is 0 Å².